The molecule has 0 unspecified atom stereocenters. The molecule has 0 saturated carbocycles. The highest BCUT2D eigenvalue weighted by Gasteiger charge is 2.21. The van der Waals surface area contributed by atoms with E-state index in [9.17, 15) is 4.79 Å². The van der Waals surface area contributed by atoms with E-state index in [1.807, 2.05) is 14.0 Å². The number of hydrogen-bond donors (Lipinski definition) is 0. The van der Waals surface area contributed by atoms with Crippen LogP contribution in [0.15, 0.2) is 0 Å². The molecule has 2 aromatic rings. The van der Waals surface area contributed by atoms with Gasteiger partial charge >= 0.3 is 0 Å². The molecule has 2 heteroatoms. The maximum Gasteiger partial charge on any atom is 0.162 e. The first-order chi connectivity index (χ1) is 8.29. The molecule has 0 radical (unpaired) electrons. The number of carbonyl (C=O) groups is 1. The second kappa shape index (κ2) is 3.98. The van der Waals surface area contributed by atoms with Crippen LogP contribution in [-0.4, -0.2) is 10.4 Å². The normalized spacial score (nSPS) is 11.3. The second-order valence-electron chi connectivity index (χ2n) is 5.30. The Morgan fingerprint density at radius 3 is 1.89 bits per heavy atom. The summed E-state index contributed by atoms with van der Waals surface area (Å²) in [5, 5.41) is 1.14. The van der Waals surface area contributed by atoms with Crippen molar-refractivity contribution in [2.45, 2.75) is 41.5 Å². The predicted molar refractivity (Wildman–Crippen MR) is 76.6 cm³/mol. The van der Waals surface area contributed by atoms with Gasteiger partial charge in [0.1, 0.15) is 0 Å². The number of fused-ring (bicyclic) bond motifs is 1. The van der Waals surface area contributed by atoms with Gasteiger partial charge in [0, 0.05) is 23.7 Å². The number of aromatic nitrogens is 1. The number of carbonyl (C=O) groups excluding carboxylic acids is 1. The van der Waals surface area contributed by atoms with Gasteiger partial charge in [0.15, 0.2) is 5.78 Å². The molecule has 0 aliphatic heterocycles. The molecule has 0 fully saturated rings. The highest BCUT2D eigenvalue weighted by molar-refractivity contribution is 6.10. The zero-order valence-electron chi connectivity index (χ0n) is 12.4. The van der Waals surface area contributed by atoms with Crippen molar-refractivity contribution in [2.24, 2.45) is 7.05 Å². The summed E-state index contributed by atoms with van der Waals surface area (Å²) >= 11 is 0. The molecule has 1 aromatic heterocycles. The molecule has 0 atom stereocenters. The van der Waals surface area contributed by atoms with Crippen molar-refractivity contribution in [3.63, 3.8) is 0 Å². The Morgan fingerprint density at radius 1 is 0.889 bits per heavy atom. The maximum absolute atomic E-state index is 11.9. The summed E-state index contributed by atoms with van der Waals surface area (Å²) in [6.45, 7) is 12.3. The first-order valence-electron chi connectivity index (χ1n) is 6.35. The molecule has 1 heterocycles. The van der Waals surface area contributed by atoms with E-state index >= 15 is 0 Å². The average molecular weight is 243 g/mol. The van der Waals surface area contributed by atoms with E-state index in [1.165, 1.54) is 27.8 Å². The number of Topliss-reactive ketones (excluding diaryl/α,β-unsaturated/α-hetero) is 1. The summed E-state index contributed by atoms with van der Waals surface area (Å²) in [7, 11) is 2.05. The van der Waals surface area contributed by atoms with Gasteiger partial charge < -0.3 is 4.57 Å². The molecular weight excluding hydrogens is 222 g/mol. The zero-order chi connectivity index (χ0) is 13.8. The molecule has 2 nitrogen and oxygen atoms in total. The predicted octanol–water partition coefficient (Wildman–Crippen LogP) is 3.92. The van der Waals surface area contributed by atoms with Crippen LogP contribution in [0, 0.1) is 34.6 Å². The van der Waals surface area contributed by atoms with Gasteiger partial charge in [0.25, 0.3) is 0 Å². The van der Waals surface area contributed by atoms with Gasteiger partial charge in [-0.3, -0.25) is 4.79 Å². The Balaban J connectivity index is 3.17. The molecule has 0 aliphatic carbocycles. The van der Waals surface area contributed by atoms with Crippen molar-refractivity contribution in [3.05, 3.63) is 33.5 Å². The van der Waals surface area contributed by atoms with E-state index in [0.29, 0.717) is 0 Å². The van der Waals surface area contributed by atoms with Gasteiger partial charge in [-0.15, -0.1) is 0 Å². The summed E-state index contributed by atoms with van der Waals surface area (Å²) < 4.78 is 2.15. The van der Waals surface area contributed by atoms with Gasteiger partial charge in [-0.2, -0.15) is 0 Å². The lowest BCUT2D eigenvalue weighted by molar-refractivity contribution is 0.101. The molecule has 0 N–H and O–H groups in total. The smallest absolute Gasteiger partial charge is 0.162 e. The van der Waals surface area contributed by atoms with E-state index in [4.69, 9.17) is 0 Å². The van der Waals surface area contributed by atoms with Crippen molar-refractivity contribution in [1.82, 2.24) is 4.57 Å². The molecule has 0 aliphatic rings. The van der Waals surface area contributed by atoms with E-state index in [-0.39, 0.29) is 5.78 Å². The van der Waals surface area contributed by atoms with E-state index in [2.05, 4.69) is 32.3 Å². The van der Waals surface area contributed by atoms with Crippen LogP contribution < -0.4 is 0 Å². The topological polar surface area (TPSA) is 22.0 Å². The molecule has 0 spiro atoms. The Labute approximate surface area is 109 Å². The third-order valence-electron chi connectivity index (χ3n) is 4.46. The van der Waals surface area contributed by atoms with Crippen molar-refractivity contribution >= 4 is 16.7 Å². The van der Waals surface area contributed by atoms with Crippen LogP contribution in [0.1, 0.15) is 45.2 Å². The van der Waals surface area contributed by atoms with E-state index < -0.39 is 0 Å². The summed E-state index contributed by atoms with van der Waals surface area (Å²) in [6, 6.07) is 0. The maximum atomic E-state index is 11.9. The minimum Gasteiger partial charge on any atom is -0.347 e. The SMILES string of the molecule is CC(=O)c1c(C)n(C)c2c(C)c(C)c(C)c(C)c12. The molecule has 0 bridgehead atoms. The number of hydrogen-bond acceptors (Lipinski definition) is 1. The zero-order valence-corrected chi connectivity index (χ0v) is 12.4. The summed E-state index contributed by atoms with van der Waals surface area (Å²) in [5.41, 5.74) is 8.31. The highest BCUT2D eigenvalue weighted by Crippen LogP contribution is 2.34. The largest absolute Gasteiger partial charge is 0.347 e. The van der Waals surface area contributed by atoms with Crippen LogP contribution >= 0.6 is 0 Å². The van der Waals surface area contributed by atoms with Crippen molar-refractivity contribution < 1.29 is 4.79 Å². The summed E-state index contributed by atoms with van der Waals surface area (Å²) in [5.74, 6) is 0.156. The first kappa shape index (κ1) is 12.9. The van der Waals surface area contributed by atoms with Gasteiger partial charge in [-0.1, -0.05) is 0 Å². The lowest BCUT2D eigenvalue weighted by Gasteiger charge is -2.13. The van der Waals surface area contributed by atoms with Gasteiger partial charge in [0.2, 0.25) is 0 Å². The molecule has 18 heavy (non-hydrogen) atoms. The first-order valence-corrected chi connectivity index (χ1v) is 6.35. The van der Waals surface area contributed by atoms with Crippen molar-refractivity contribution in [1.29, 1.82) is 0 Å². The Morgan fingerprint density at radius 2 is 1.39 bits per heavy atom. The van der Waals surface area contributed by atoms with Crippen molar-refractivity contribution in [3.8, 4) is 0 Å². The lowest BCUT2D eigenvalue weighted by Crippen LogP contribution is -1.97. The fraction of sp³-hybridized carbons (Fsp3) is 0.438. The lowest BCUT2D eigenvalue weighted by atomic mass is 9.93. The van der Waals surface area contributed by atoms with E-state index in [0.717, 1.165) is 16.6 Å². The third kappa shape index (κ3) is 1.45. The highest BCUT2D eigenvalue weighted by atomic mass is 16.1. The Hall–Kier alpha value is -1.57. The Bertz CT molecular complexity index is 675. The van der Waals surface area contributed by atoms with Crippen molar-refractivity contribution in [2.75, 3.05) is 0 Å². The third-order valence-corrected chi connectivity index (χ3v) is 4.46. The average Bonchev–Trinajstić information content (AvgIpc) is 2.57. The number of nitrogens with zero attached hydrogens (tertiary/aromatic N) is 1. The van der Waals surface area contributed by atoms with Gasteiger partial charge in [-0.25, -0.2) is 0 Å². The van der Waals surface area contributed by atoms with Gasteiger partial charge in [0.05, 0.1) is 5.52 Å². The van der Waals surface area contributed by atoms with Crippen LogP contribution in [0.3, 0.4) is 0 Å². The Kier molecular flexibility index (Phi) is 2.84. The quantitative estimate of drug-likeness (QED) is 0.696. The molecule has 2 rings (SSSR count). The fourth-order valence-corrected chi connectivity index (χ4v) is 2.96. The fourth-order valence-electron chi connectivity index (χ4n) is 2.96. The minimum absolute atomic E-state index is 0.156. The van der Waals surface area contributed by atoms with E-state index in [1.54, 1.807) is 6.92 Å². The number of benzene rings is 1. The van der Waals surface area contributed by atoms with Crippen LogP contribution in [0.25, 0.3) is 10.9 Å². The number of aryl methyl sites for hydroxylation is 3. The standard InChI is InChI=1S/C16H21NO/c1-8-9(2)11(4)16-14(10(8)3)15(13(6)18)12(5)17(16)7/h1-7H3. The minimum atomic E-state index is 0.156. The number of rotatable bonds is 1. The summed E-state index contributed by atoms with van der Waals surface area (Å²) in [4.78, 5) is 11.9. The molecule has 0 amide bonds. The van der Waals surface area contributed by atoms with Crippen LogP contribution in [-0.2, 0) is 7.05 Å². The molecule has 1 aromatic carbocycles. The second-order valence-corrected chi connectivity index (χ2v) is 5.30. The summed E-state index contributed by atoms with van der Waals surface area (Å²) in [6.07, 6.45) is 0. The van der Waals surface area contributed by atoms with Crippen LogP contribution in [0.2, 0.25) is 0 Å². The number of ketones is 1. The monoisotopic (exact) mass is 243 g/mol. The van der Waals surface area contributed by atoms with Gasteiger partial charge in [-0.05, 0) is 63.8 Å². The molecule has 96 valence electrons. The van der Waals surface area contributed by atoms with Crippen LogP contribution in [0.4, 0.5) is 0 Å². The molecule has 0 saturated heterocycles. The van der Waals surface area contributed by atoms with Crippen LogP contribution in [0.5, 0.6) is 0 Å². The molecular formula is C16H21NO.